The second-order valence-electron chi connectivity index (χ2n) is 13.8. The molecule has 4 heteroatoms. The molecule has 0 radical (unpaired) electrons. The second-order valence-corrected chi connectivity index (χ2v) is 13.8. The van der Waals surface area contributed by atoms with Crippen molar-refractivity contribution in [1.29, 1.82) is 0 Å². The van der Waals surface area contributed by atoms with Gasteiger partial charge in [-0.25, -0.2) is 9.97 Å². The number of aromatic nitrogens is 3. The Balaban J connectivity index is 1.06. The van der Waals surface area contributed by atoms with Gasteiger partial charge in [0.2, 0.25) is 0 Å². The van der Waals surface area contributed by atoms with Gasteiger partial charge in [0.15, 0.2) is 5.82 Å². The highest BCUT2D eigenvalue weighted by Gasteiger charge is 2.20. The molecular weight excluding hydrogens is 647 g/mol. The number of aryl methyl sites for hydroxylation is 2. The molecule has 4 nitrogen and oxygen atoms in total. The topological polar surface area (TPSA) is 51.8 Å². The summed E-state index contributed by atoms with van der Waals surface area (Å²) in [6.45, 7) is 0. The van der Waals surface area contributed by atoms with Crippen molar-refractivity contribution in [2.75, 3.05) is 0 Å². The number of pyridine rings is 1. The number of hydrogen-bond donors (Lipinski definition) is 0. The van der Waals surface area contributed by atoms with Crippen LogP contribution in [0, 0.1) is 0 Å². The number of para-hydroxylation sites is 1. The molecule has 1 aliphatic carbocycles. The lowest BCUT2D eigenvalue weighted by molar-refractivity contribution is 0.506. The molecule has 53 heavy (non-hydrogen) atoms. The van der Waals surface area contributed by atoms with Crippen LogP contribution >= 0.6 is 0 Å². The van der Waals surface area contributed by atoms with Gasteiger partial charge in [-0.1, -0.05) is 133 Å². The summed E-state index contributed by atoms with van der Waals surface area (Å²) in [5, 5.41) is 3.72. The normalized spacial score (nSPS) is 12.6. The molecule has 0 atom stereocenters. The third-order valence-corrected chi connectivity index (χ3v) is 10.6. The van der Waals surface area contributed by atoms with E-state index in [0.717, 1.165) is 80.2 Å². The zero-order valence-corrected chi connectivity index (χ0v) is 29.2. The van der Waals surface area contributed by atoms with Crippen LogP contribution in [0.25, 0.3) is 89.2 Å². The van der Waals surface area contributed by atoms with Crippen LogP contribution in [0.2, 0.25) is 0 Å². The smallest absolute Gasteiger partial charge is 0.160 e. The number of fused-ring (bicyclic) bond motifs is 4. The molecule has 0 unspecified atom stereocenters. The first-order chi connectivity index (χ1) is 26.2. The molecular formula is C49H35N3O. The van der Waals surface area contributed by atoms with Gasteiger partial charge in [-0.05, 0) is 71.0 Å². The zero-order chi connectivity index (χ0) is 35.1. The highest BCUT2D eigenvalue weighted by Crippen LogP contribution is 2.38. The first kappa shape index (κ1) is 31.1. The van der Waals surface area contributed by atoms with Crippen LogP contribution < -0.4 is 0 Å². The van der Waals surface area contributed by atoms with Crippen molar-refractivity contribution in [3.8, 4) is 67.4 Å². The Hall–Kier alpha value is -6.65. The van der Waals surface area contributed by atoms with E-state index < -0.39 is 0 Å². The quantitative estimate of drug-likeness (QED) is 0.175. The average molecular weight is 682 g/mol. The molecule has 0 amide bonds. The van der Waals surface area contributed by atoms with Crippen molar-refractivity contribution >= 4 is 21.7 Å². The fourth-order valence-corrected chi connectivity index (χ4v) is 7.85. The van der Waals surface area contributed by atoms with E-state index in [9.17, 15) is 0 Å². The van der Waals surface area contributed by atoms with E-state index in [2.05, 4.69) is 145 Å². The van der Waals surface area contributed by atoms with E-state index in [1.54, 1.807) is 0 Å². The van der Waals surface area contributed by atoms with Crippen molar-refractivity contribution in [3.63, 3.8) is 0 Å². The molecule has 3 heterocycles. The highest BCUT2D eigenvalue weighted by atomic mass is 16.3. The van der Waals surface area contributed by atoms with E-state index >= 15 is 0 Å². The summed E-state index contributed by atoms with van der Waals surface area (Å²) in [4.78, 5) is 15.0. The van der Waals surface area contributed by atoms with Crippen molar-refractivity contribution in [2.24, 2.45) is 0 Å². The summed E-state index contributed by atoms with van der Waals surface area (Å²) in [6, 6.07) is 55.4. The van der Waals surface area contributed by atoms with Crippen molar-refractivity contribution < 1.29 is 4.42 Å². The number of benzene rings is 6. The maximum Gasteiger partial charge on any atom is 0.160 e. The lowest BCUT2D eigenvalue weighted by Crippen LogP contribution is -1.98. The van der Waals surface area contributed by atoms with Crippen molar-refractivity contribution in [2.45, 2.75) is 25.7 Å². The average Bonchev–Trinajstić information content (AvgIpc) is 3.63. The number of furan rings is 1. The summed E-state index contributed by atoms with van der Waals surface area (Å²) in [5.41, 5.74) is 13.7. The highest BCUT2D eigenvalue weighted by molar-refractivity contribution is 5.97. The van der Waals surface area contributed by atoms with Gasteiger partial charge in [-0.2, -0.15) is 0 Å². The molecule has 1 aliphatic rings. The number of nitrogens with zero attached hydrogens (tertiary/aromatic N) is 3. The largest absolute Gasteiger partial charge is 0.460 e. The Kier molecular flexibility index (Phi) is 7.72. The van der Waals surface area contributed by atoms with Gasteiger partial charge in [-0.3, -0.25) is 4.98 Å². The maximum atomic E-state index is 6.49. The molecule has 0 N–H and O–H groups in total. The van der Waals surface area contributed by atoms with E-state index in [1.165, 1.54) is 40.1 Å². The predicted octanol–water partition coefficient (Wildman–Crippen LogP) is 12.7. The van der Waals surface area contributed by atoms with Gasteiger partial charge < -0.3 is 4.42 Å². The molecule has 252 valence electrons. The zero-order valence-electron chi connectivity index (χ0n) is 29.2. The SMILES string of the molecule is c1ccc(-c2cccc(-c3cc(-c4ccc(-c5cccc6c7c(oc56)CCCC7)cc4)nc(-c4ccc(-c5cccc6ccccc56)cc4)n3)c2)nc1. The summed E-state index contributed by atoms with van der Waals surface area (Å²) >= 11 is 0. The molecule has 3 aromatic heterocycles. The summed E-state index contributed by atoms with van der Waals surface area (Å²) in [5.74, 6) is 1.84. The van der Waals surface area contributed by atoms with Gasteiger partial charge in [-0.15, -0.1) is 0 Å². The van der Waals surface area contributed by atoms with E-state index in [4.69, 9.17) is 14.4 Å². The lowest BCUT2D eigenvalue weighted by atomic mass is 9.94. The second kappa shape index (κ2) is 13.2. The molecule has 0 spiro atoms. The fourth-order valence-electron chi connectivity index (χ4n) is 7.85. The van der Waals surface area contributed by atoms with Gasteiger partial charge in [0.25, 0.3) is 0 Å². The summed E-state index contributed by atoms with van der Waals surface area (Å²) < 4.78 is 6.49. The number of rotatable bonds is 6. The Morgan fingerprint density at radius 2 is 1.06 bits per heavy atom. The fraction of sp³-hybridized carbons (Fsp3) is 0.0816. The van der Waals surface area contributed by atoms with E-state index in [1.807, 2.05) is 24.4 Å². The van der Waals surface area contributed by atoms with Gasteiger partial charge in [0, 0.05) is 51.4 Å². The van der Waals surface area contributed by atoms with Crippen molar-refractivity contribution in [1.82, 2.24) is 15.0 Å². The Morgan fingerprint density at radius 3 is 1.89 bits per heavy atom. The monoisotopic (exact) mass is 681 g/mol. The standard InChI is InChI=1S/C49H35N3O/c1-2-14-39-32(10-1)11-8-16-40(39)33-23-27-36(28-24-33)49-51-45(31-46(52-49)38-13-7-12-37(30-38)44-19-5-6-29-50-44)35-25-21-34(22-26-35)41-17-9-18-43-42-15-3-4-20-47(42)53-48(41)43/h1-2,5-14,16-19,21-31H,3-4,15,20H2. The summed E-state index contributed by atoms with van der Waals surface area (Å²) in [7, 11) is 0. The van der Waals surface area contributed by atoms with E-state index in [-0.39, 0.29) is 0 Å². The molecule has 0 fully saturated rings. The van der Waals surface area contributed by atoms with Crippen molar-refractivity contribution in [3.05, 3.63) is 175 Å². The molecule has 9 aromatic rings. The minimum Gasteiger partial charge on any atom is -0.460 e. The lowest BCUT2D eigenvalue weighted by Gasteiger charge is -2.12. The third-order valence-electron chi connectivity index (χ3n) is 10.6. The van der Waals surface area contributed by atoms with Crippen LogP contribution in [0.4, 0.5) is 0 Å². The first-order valence-corrected chi connectivity index (χ1v) is 18.4. The minimum absolute atomic E-state index is 0.681. The van der Waals surface area contributed by atoms with Gasteiger partial charge in [0.1, 0.15) is 11.3 Å². The van der Waals surface area contributed by atoms with E-state index in [0.29, 0.717) is 5.82 Å². The molecule has 0 saturated carbocycles. The van der Waals surface area contributed by atoms with Crippen LogP contribution in [0.15, 0.2) is 168 Å². The van der Waals surface area contributed by atoms with Gasteiger partial charge in [0.05, 0.1) is 17.1 Å². The van der Waals surface area contributed by atoms with Gasteiger partial charge >= 0.3 is 0 Å². The molecule has 0 bridgehead atoms. The molecule has 0 saturated heterocycles. The molecule has 10 rings (SSSR count). The third kappa shape index (κ3) is 5.79. The van der Waals surface area contributed by atoms with Crippen LogP contribution in [0.3, 0.4) is 0 Å². The molecule has 6 aromatic carbocycles. The van der Waals surface area contributed by atoms with Crippen LogP contribution in [0.5, 0.6) is 0 Å². The predicted molar refractivity (Wildman–Crippen MR) is 216 cm³/mol. The van der Waals surface area contributed by atoms with Crippen LogP contribution in [-0.2, 0) is 12.8 Å². The Labute approximate surface area is 308 Å². The minimum atomic E-state index is 0.681. The molecule has 0 aliphatic heterocycles. The Bertz CT molecular complexity index is 2760. The Morgan fingerprint density at radius 1 is 0.434 bits per heavy atom. The summed E-state index contributed by atoms with van der Waals surface area (Å²) in [6.07, 6.45) is 6.37. The van der Waals surface area contributed by atoms with Crippen LogP contribution in [0.1, 0.15) is 24.2 Å². The number of hydrogen-bond acceptors (Lipinski definition) is 4. The maximum absolute atomic E-state index is 6.49. The van der Waals surface area contributed by atoms with Crippen LogP contribution in [-0.4, -0.2) is 15.0 Å². The first-order valence-electron chi connectivity index (χ1n) is 18.4.